The highest BCUT2D eigenvalue weighted by molar-refractivity contribution is 6.04. The van der Waals surface area contributed by atoms with E-state index in [9.17, 15) is 9.90 Å². The summed E-state index contributed by atoms with van der Waals surface area (Å²) in [5.74, 6) is -0.303. The van der Waals surface area contributed by atoms with Crippen molar-refractivity contribution in [2.75, 3.05) is 0 Å². The number of hydrogen-bond acceptors (Lipinski definition) is 2. The average Bonchev–Trinajstić information content (AvgIpc) is 3.08. The first kappa shape index (κ1) is 15.4. The predicted octanol–water partition coefficient (Wildman–Crippen LogP) is 4.75. The van der Waals surface area contributed by atoms with E-state index in [2.05, 4.69) is 4.98 Å². The Bertz CT molecular complexity index is 1020. The Hall–Kier alpha value is -3.17. The SMILES string of the molecule is O=C(c1ccccc1)C(O)c1c(-c2ccccc2)[nH]c2ccccc12. The van der Waals surface area contributed by atoms with Crippen LogP contribution in [0.3, 0.4) is 0 Å². The first-order valence-corrected chi connectivity index (χ1v) is 8.19. The molecule has 3 heteroatoms. The Morgan fingerprint density at radius 3 is 2.12 bits per heavy atom. The van der Waals surface area contributed by atoms with Gasteiger partial charge in [-0.1, -0.05) is 78.9 Å². The minimum Gasteiger partial charge on any atom is -0.380 e. The van der Waals surface area contributed by atoms with Gasteiger partial charge in [-0.15, -0.1) is 0 Å². The highest BCUT2D eigenvalue weighted by atomic mass is 16.3. The number of H-pyrrole nitrogens is 1. The van der Waals surface area contributed by atoms with Crippen molar-refractivity contribution >= 4 is 16.7 Å². The fourth-order valence-corrected chi connectivity index (χ4v) is 3.17. The second-order valence-electron chi connectivity index (χ2n) is 5.96. The number of aromatic amines is 1. The summed E-state index contributed by atoms with van der Waals surface area (Å²) in [6, 6.07) is 26.4. The van der Waals surface area contributed by atoms with Crippen molar-refractivity contribution < 1.29 is 9.90 Å². The van der Waals surface area contributed by atoms with Gasteiger partial charge in [0.05, 0.1) is 5.69 Å². The third kappa shape index (κ3) is 2.75. The predicted molar refractivity (Wildman–Crippen MR) is 99.5 cm³/mol. The largest absolute Gasteiger partial charge is 0.380 e. The summed E-state index contributed by atoms with van der Waals surface area (Å²) in [7, 11) is 0. The Morgan fingerprint density at radius 2 is 1.40 bits per heavy atom. The third-order valence-electron chi connectivity index (χ3n) is 4.39. The van der Waals surface area contributed by atoms with E-state index in [0.717, 1.165) is 22.2 Å². The molecule has 3 nitrogen and oxygen atoms in total. The Labute approximate surface area is 145 Å². The molecule has 0 saturated carbocycles. The quantitative estimate of drug-likeness (QED) is 0.531. The molecule has 0 amide bonds. The normalized spacial score (nSPS) is 12.2. The van der Waals surface area contributed by atoms with Crippen LogP contribution in [0.25, 0.3) is 22.2 Å². The van der Waals surface area contributed by atoms with Crippen molar-refractivity contribution in [3.8, 4) is 11.3 Å². The molecule has 25 heavy (non-hydrogen) atoms. The van der Waals surface area contributed by atoms with Crippen molar-refractivity contribution in [3.63, 3.8) is 0 Å². The van der Waals surface area contributed by atoms with Crippen LogP contribution in [0.5, 0.6) is 0 Å². The molecule has 0 aliphatic rings. The summed E-state index contributed by atoms with van der Waals surface area (Å²) in [6.07, 6.45) is -1.23. The van der Waals surface area contributed by atoms with E-state index < -0.39 is 6.10 Å². The van der Waals surface area contributed by atoms with E-state index in [1.54, 1.807) is 24.3 Å². The first-order chi connectivity index (χ1) is 12.3. The zero-order chi connectivity index (χ0) is 17.2. The third-order valence-corrected chi connectivity index (χ3v) is 4.39. The zero-order valence-electron chi connectivity index (χ0n) is 13.5. The number of aliphatic hydroxyl groups is 1. The van der Waals surface area contributed by atoms with Crippen molar-refractivity contribution in [2.45, 2.75) is 6.10 Å². The summed E-state index contributed by atoms with van der Waals surface area (Å²) < 4.78 is 0. The van der Waals surface area contributed by atoms with Crippen molar-refractivity contribution in [2.24, 2.45) is 0 Å². The number of hydrogen-bond donors (Lipinski definition) is 2. The van der Waals surface area contributed by atoms with E-state index >= 15 is 0 Å². The lowest BCUT2D eigenvalue weighted by Crippen LogP contribution is -2.12. The molecule has 0 aliphatic carbocycles. The van der Waals surface area contributed by atoms with Gasteiger partial charge in [-0.3, -0.25) is 4.79 Å². The molecule has 1 atom stereocenters. The van der Waals surface area contributed by atoms with Crippen molar-refractivity contribution in [1.82, 2.24) is 4.98 Å². The molecular weight excluding hydrogens is 310 g/mol. The number of benzene rings is 3. The lowest BCUT2D eigenvalue weighted by molar-refractivity contribution is 0.0751. The number of rotatable bonds is 4. The molecule has 2 N–H and O–H groups in total. The van der Waals surface area contributed by atoms with Crippen LogP contribution in [0.4, 0.5) is 0 Å². The maximum Gasteiger partial charge on any atom is 0.195 e. The second-order valence-corrected chi connectivity index (χ2v) is 5.96. The molecule has 1 heterocycles. The topological polar surface area (TPSA) is 53.1 Å². The van der Waals surface area contributed by atoms with Crippen LogP contribution >= 0.6 is 0 Å². The number of carbonyl (C=O) groups is 1. The van der Waals surface area contributed by atoms with Gasteiger partial charge in [0.15, 0.2) is 5.78 Å². The minimum absolute atomic E-state index is 0.303. The lowest BCUT2D eigenvalue weighted by atomic mass is 9.95. The van der Waals surface area contributed by atoms with Gasteiger partial charge in [0.1, 0.15) is 6.10 Å². The van der Waals surface area contributed by atoms with Gasteiger partial charge in [0, 0.05) is 22.0 Å². The second kappa shape index (κ2) is 6.38. The fourth-order valence-electron chi connectivity index (χ4n) is 3.17. The van der Waals surface area contributed by atoms with Crippen LogP contribution in [0.2, 0.25) is 0 Å². The smallest absolute Gasteiger partial charge is 0.195 e. The molecule has 0 bridgehead atoms. The van der Waals surface area contributed by atoms with Gasteiger partial charge in [-0.05, 0) is 11.6 Å². The van der Waals surface area contributed by atoms with Crippen LogP contribution in [0.1, 0.15) is 22.0 Å². The number of fused-ring (bicyclic) bond motifs is 1. The molecule has 122 valence electrons. The van der Waals surface area contributed by atoms with Gasteiger partial charge in [0.2, 0.25) is 0 Å². The average molecular weight is 327 g/mol. The van der Waals surface area contributed by atoms with Crippen LogP contribution in [0, 0.1) is 0 Å². The number of aromatic nitrogens is 1. The molecule has 1 aromatic heterocycles. The molecule has 4 rings (SSSR count). The Morgan fingerprint density at radius 1 is 0.800 bits per heavy atom. The molecule has 1 unspecified atom stereocenters. The molecule has 0 radical (unpaired) electrons. The van der Waals surface area contributed by atoms with E-state index in [-0.39, 0.29) is 5.78 Å². The Kier molecular flexibility index (Phi) is 3.92. The molecule has 0 fully saturated rings. The summed E-state index contributed by atoms with van der Waals surface area (Å²) in [4.78, 5) is 16.2. The molecule has 0 spiro atoms. The maximum absolute atomic E-state index is 12.8. The van der Waals surface area contributed by atoms with Crippen molar-refractivity contribution in [1.29, 1.82) is 0 Å². The van der Waals surface area contributed by atoms with Gasteiger partial charge >= 0.3 is 0 Å². The van der Waals surface area contributed by atoms with E-state index in [1.165, 1.54) is 0 Å². The summed E-state index contributed by atoms with van der Waals surface area (Å²) >= 11 is 0. The van der Waals surface area contributed by atoms with Crippen molar-refractivity contribution in [3.05, 3.63) is 96.1 Å². The Balaban J connectivity index is 1.89. The van der Waals surface area contributed by atoms with Gasteiger partial charge < -0.3 is 10.1 Å². The lowest BCUT2D eigenvalue weighted by Gasteiger charge is -2.12. The number of carbonyl (C=O) groups excluding carboxylic acids is 1. The monoisotopic (exact) mass is 327 g/mol. The van der Waals surface area contributed by atoms with Gasteiger partial charge in [-0.2, -0.15) is 0 Å². The number of para-hydroxylation sites is 1. The molecule has 0 saturated heterocycles. The highest BCUT2D eigenvalue weighted by Gasteiger charge is 2.26. The zero-order valence-corrected chi connectivity index (χ0v) is 13.5. The van der Waals surface area contributed by atoms with Crippen LogP contribution in [0.15, 0.2) is 84.9 Å². The van der Waals surface area contributed by atoms with E-state index in [4.69, 9.17) is 0 Å². The summed E-state index contributed by atoms with van der Waals surface area (Å²) in [5.41, 5.74) is 3.73. The van der Waals surface area contributed by atoms with Crippen LogP contribution in [-0.4, -0.2) is 15.9 Å². The minimum atomic E-state index is -1.23. The van der Waals surface area contributed by atoms with Gasteiger partial charge in [-0.25, -0.2) is 0 Å². The number of Topliss-reactive ketones (excluding diaryl/α,β-unsaturated/α-hetero) is 1. The van der Waals surface area contributed by atoms with E-state index in [0.29, 0.717) is 11.1 Å². The summed E-state index contributed by atoms with van der Waals surface area (Å²) in [5, 5.41) is 11.8. The number of nitrogens with one attached hydrogen (secondary N) is 1. The highest BCUT2D eigenvalue weighted by Crippen LogP contribution is 2.35. The first-order valence-electron chi connectivity index (χ1n) is 8.19. The molecule has 3 aromatic carbocycles. The van der Waals surface area contributed by atoms with E-state index in [1.807, 2.05) is 60.7 Å². The maximum atomic E-state index is 12.8. The molecule has 0 aliphatic heterocycles. The fraction of sp³-hybridized carbons (Fsp3) is 0.0455. The number of ketones is 1. The molecular formula is C22H17NO2. The summed E-state index contributed by atoms with van der Waals surface area (Å²) in [6.45, 7) is 0. The standard InChI is InChI=1S/C22H17NO2/c24-21(16-11-5-2-6-12-16)22(25)19-17-13-7-8-14-18(17)23-20(19)15-9-3-1-4-10-15/h1-14,22-23,25H. The molecule has 4 aromatic rings. The van der Waals surface area contributed by atoms with Gasteiger partial charge in [0.25, 0.3) is 0 Å². The van der Waals surface area contributed by atoms with Crippen LogP contribution in [-0.2, 0) is 0 Å². The van der Waals surface area contributed by atoms with Crippen LogP contribution < -0.4 is 0 Å². The number of aliphatic hydroxyl groups excluding tert-OH is 1.